The number of benzene rings is 2. The third-order valence-corrected chi connectivity index (χ3v) is 5.29. The minimum atomic E-state index is -0.0837. The largest absolute Gasteiger partial charge is 0.497 e. The number of carbonyl (C=O) groups excluding carboxylic acids is 1. The van der Waals surface area contributed by atoms with Gasteiger partial charge >= 0.3 is 0 Å². The maximum atomic E-state index is 12.5. The highest BCUT2D eigenvalue weighted by molar-refractivity contribution is 5.81. The van der Waals surface area contributed by atoms with Crippen molar-refractivity contribution in [3.05, 3.63) is 65.7 Å². The smallest absolute Gasteiger partial charge is 0.237 e. The molecule has 1 fully saturated rings. The fourth-order valence-electron chi connectivity index (χ4n) is 3.57. The van der Waals surface area contributed by atoms with Gasteiger partial charge in [-0.2, -0.15) is 0 Å². The molecule has 1 N–H and O–H groups in total. The van der Waals surface area contributed by atoms with Crippen molar-refractivity contribution in [1.29, 1.82) is 0 Å². The van der Waals surface area contributed by atoms with Crippen LogP contribution in [0.2, 0.25) is 0 Å². The molecule has 0 radical (unpaired) electrons. The van der Waals surface area contributed by atoms with Crippen molar-refractivity contribution in [1.82, 2.24) is 10.2 Å². The summed E-state index contributed by atoms with van der Waals surface area (Å²) >= 11 is 0. The van der Waals surface area contributed by atoms with Crippen molar-refractivity contribution < 1.29 is 9.53 Å². The van der Waals surface area contributed by atoms with Crippen molar-refractivity contribution in [2.24, 2.45) is 0 Å². The van der Waals surface area contributed by atoms with E-state index < -0.39 is 0 Å². The number of likely N-dealkylation sites (tertiary alicyclic amines) is 1. The molecule has 0 bridgehead atoms. The number of ether oxygens (including phenoxy) is 1. The van der Waals surface area contributed by atoms with Gasteiger partial charge in [-0.3, -0.25) is 9.69 Å². The van der Waals surface area contributed by atoms with Crippen LogP contribution in [0.4, 0.5) is 0 Å². The van der Waals surface area contributed by atoms with Crippen LogP contribution in [0, 0.1) is 0 Å². The Bertz CT molecular complexity index is 700. The number of carbonyl (C=O) groups is 1. The van der Waals surface area contributed by atoms with Crippen molar-refractivity contribution in [3.8, 4) is 5.75 Å². The Morgan fingerprint density at radius 3 is 2.62 bits per heavy atom. The Balaban J connectivity index is 1.44. The first-order valence-corrected chi connectivity index (χ1v) is 9.37. The van der Waals surface area contributed by atoms with E-state index in [9.17, 15) is 4.79 Å². The van der Waals surface area contributed by atoms with E-state index in [1.807, 2.05) is 31.2 Å². The van der Waals surface area contributed by atoms with Gasteiger partial charge < -0.3 is 10.1 Å². The van der Waals surface area contributed by atoms with Crippen LogP contribution in [0.3, 0.4) is 0 Å². The highest BCUT2D eigenvalue weighted by atomic mass is 16.5. The molecule has 2 aromatic rings. The predicted molar refractivity (Wildman–Crippen MR) is 105 cm³/mol. The number of amides is 1. The van der Waals surface area contributed by atoms with Gasteiger partial charge in [0.25, 0.3) is 0 Å². The van der Waals surface area contributed by atoms with E-state index in [2.05, 4.69) is 40.5 Å². The number of nitrogens with one attached hydrogen (secondary N) is 1. The summed E-state index contributed by atoms with van der Waals surface area (Å²) in [5.41, 5.74) is 2.58. The van der Waals surface area contributed by atoms with Crippen LogP contribution >= 0.6 is 0 Å². The van der Waals surface area contributed by atoms with Gasteiger partial charge in [-0.1, -0.05) is 42.5 Å². The van der Waals surface area contributed by atoms with E-state index in [0.29, 0.717) is 12.5 Å². The highest BCUT2D eigenvalue weighted by Gasteiger charge is 2.30. The Morgan fingerprint density at radius 1 is 1.19 bits per heavy atom. The average Bonchev–Trinajstić information content (AvgIpc) is 3.18. The molecule has 0 aliphatic carbocycles. The van der Waals surface area contributed by atoms with Gasteiger partial charge in [0.15, 0.2) is 0 Å². The van der Waals surface area contributed by atoms with Crippen LogP contribution in [-0.4, -0.2) is 43.6 Å². The first-order valence-electron chi connectivity index (χ1n) is 9.37. The minimum Gasteiger partial charge on any atom is -0.497 e. The average molecular weight is 352 g/mol. The minimum absolute atomic E-state index is 0.0837. The second-order valence-electron chi connectivity index (χ2n) is 6.96. The Hall–Kier alpha value is -2.33. The van der Waals surface area contributed by atoms with Gasteiger partial charge in [0, 0.05) is 13.1 Å². The van der Waals surface area contributed by atoms with Gasteiger partial charge in [-0.25, -0.2) is 0 Å². The molecule has 2 atom stereocenters. The molecular formula is C22H28N2O2. The zero-order valence-electron chi connectivity index (χ0n) is 15.7. The van der Waals surface area contributed by atoms with Gasteiger partial charge in [0.2, 0.25) is 5.91 Å². The second-order valence-corrected chi connectivity index (χ2v) is 6.96. The topological polar surface area (TPSA) is 41.6 Å². The molecule has 2 aromatic carbocycles. The van der Waals surface area contributed by atoms with Gasteiger partial charge in [0.05, 0.1) is 13.2 Å². The van der Waals surface area contributed by atoms with Gasteiger partial charge in [0.1, 0.15) is 5.75 Å². The molecular weight excluding hydrogens is 324 g/mol. The SMILES string of the molecule is COc1ccc(CCNC(=O)[C@H](C)N2CC[C@@H](c3ccccc3)C2)cc1. The van der Waals surface area contributed by atoms with Crippen molar-refractivity contribution in [2.75, 3.05) is 26.7 Å². The molecule has 1 saturated heterocycles. The third kappa shape index (κ3) is 4.64. The molecule has 0 spiro atoms. The van der Waals surface area contributed by atoms with E-state index in [4.69, 9.17) is 4.74 Å². The molecule has 4 heteroatoms. The number of nitrogens with zero attached hydrogens (tertiary/aromatic N) is 1. The fourth-order valence-corrected chi connectivity index (χ4v) is 3.57. The molecule has 1 aliphatic rings. The van der Waals surface area contributed by atoms with E-state index in [1.54, 1.807) is 7.11 Å². The van der Waals surface area contributed by atoms with Crippen molar-refractivity contribution in [3.63, 3.8) is 0 Å². The molecule has 4 nitrogen and oxygen atoms in total. The van der Waals surface area contributed by atoms with Crippen LogP contribution in [-0.2, 0) is 11.2 Å². The summed E-state index contributed by atoms with van der Waals surface area (Å²) in [6.45, 7) is 4.60. The van der Waals surface area contributed by atoms with E-state index in [-0.39, 0.29) is 11.9 Å². The zero-order valence-corrected chi connectivity index (χ0v) is 15.7. The number of hydrogen-bond donors (Lipinski definition) is 1. The first kappa shape index (κ1) is 18.5. The third-order valence-electron chi connectivity index (χ3n) is 5.29. The van der Waals surface area contributed by atoms with Gasteiger partial charge in [-0.05, 0) is 55.5 Å². The van der Waals surface area contributed by atoms with Crippen molar-refractivity contribution in [2.45, 2.75) is 31.7 Å². The standard InChI is InChI=1S/C22H28N2O2/c1-17(24-15-13-20(16-24)19-6-4-3-5-7-19)22(25)23-14-12-18-8-10-21(26-2)11-9-18/h3-11,17,20H,12-16H2,1-2H3,(H,23,25)/t17-,20+/m0/s1. The lowest BCUT2D eigenvalue weighted by molar-refractivity contribution is -0.125. The molecule has 1 heterocycles. The van der Waals surface area contributed by atoms with Crippen LogP contribution in [0.1, 0.15) is 30.4 Å². The fraction of sp³-hybridized carbons (Fsp3) is 0.409. The highest BCUT2D eigenvalue weighted by Crippen LogP contribution is 2.28. The van der Waals surface area contributed by atoms with Crippen molar-refractivity contribution >= 4 is 5.91 Å². The molecule has 26 heavy (non-hydrogen) atoms. The zero-order chi connectivity index (χ0) is 18.4. The second kappa shape index (κ2) is 8.86. The Morgan fingerprint density at radius 2 is 1.92 bits per heavy atom. The predicted octanol–water partition coefficient (Wildman–Crippen LogP) is 3.23. The van der Waals surface area contributed by atoms with Crippen LogP contribution in [0.15, 0.2) is 54.6 Å². The molecule has 0 saturated carbocycles. The van der Waals surface area contributed by atoms with Crippen LogP contribution in [0.25, 0.3) is 0 Å². The Labute approximate surface area is 156 Å². The number of methoxy groups -OCH3 is 1. The van der Waals surface area contributed by atoms with Crippen LogP contribution < -0.4 is 10.1 Å². The lowest BCUT2D eigenvalue weighted by atomic mass is 9.99. The number of rotatable bonds is 7. The molecule has 1 aliphatic heterocycles. The lowest BCUT2D eigenvalue weighted by Crippen LogP contribution is -2.44. The Kier molecular flexibility index (Phi) is 6.29. The normalized spacial score (nSPS) is 18.5. The molecule has 3 rings (SSSR count). The number of hydrogen-bond acceptors (Lipinski definition) is 3. The summed E-state index contributed by atoms with van der Waals surface area (Å²) < 4.78 is 5.17. The van der Waals surface area contributed by atoms with E-state index >= 15 is 0 Å². The summed E-state index contributed by atoms with van der Waals surface area (Å²) in [6.07, 6.45) is 1.95. The summed E-state index contributed by atoms with van der Waals surface area (Å²) in [5, 5.41) is 3.08. The maximum absolute atomic E-state index is 12.5. The summed E-state index contributed by atoms with van der Waals surface area (Å²) in [5.74, 6) is 1.51. The quantitative estimate of drug-likeness (QED) is 0.832. The van der Waals surface area contributed by atoms with E-state index in [0.717, 1.165) is 31.7 Å². The molecule has 138 valence electrons. The first-order chi connectivity index (χ1) is 12.7. The monoisotopic (exact) mass is 352 g/mol. The summed E-state index contributed by atoms with van der Waals surface area (Å²) in [7, 11) is 1.66. The summed E-state index contributed by atoms with van der Waals surface area (Å²) in [4.78, 5) is 14.8. The van der Waals surface area contributed by atoms with E-state index in [1.165, 1.54) is 11.1 Å². The molecule has 1 amide bonds. The lowest BCUT2D eigenvalue weighted by Gasteiger charge is -2.23. The molecule has 0 unspecified atom stereocenters. The van der Waals surface area contributed by atoms with Crippen LogP contribution in [0.5, 0.6) is 5.75 Å². The van der Waals surface area contributed by atoms with Gasteiger partial charge in [-0.15, -0.1) is 0 Å². The summed E-state index contributed by atoms with van der Waals surface area (Å²) in [6, 6.07) is 18.5. The maximum Gasteiger partial charge on any atom is 0.237 e. The molecule has 0 aromatic heterocycles.